The van der Waals surface area contributed by atoms with Crippen LogP contribution in [0.25, 0.3) is 0 Å². The number of nitrogens with one attached hydrogen (secondary N) is 1. The smallest absolute Gasteiger partial charge is 0.282 e. The van der Waals surface area contributed by atoms with Crippen molar-refractivity contribution < 1.29 is 8.42 Å². The highest BCUT2D eigenvalue weighted by molar-refractivity contribution is 7.92. The van der Waals surface area contributed by atoms with Crippen molar-refractivity contribution in [2.24, 2.45) is 0 Å². The SMILES string of the molecule is Nc1cccnc1S(=O)(=O)Nc1cccnn1. The molecule has 3 N–H and O–H groups in total. The standard InChI is InChI=1S/C9H9N5O2S/c10-7-3-1-5-11-9(7)17(15,16)14-8-4-2-6-12-13-8/h1-6H,10H2,(H,13,14). The first-order valence-electron chi connectivity index (χ1n) is 4.60. The van der Waals surface area contributed by atoms with Gasteiger partial charge in [0, 0.05) is 12.4 Å². The maximum absolute atomic E-state index is 11.9. The molecule has 0 aromatic carbocycles. The van der Waals surface area contributed by atoms with Crippen molar-refractivity contribution in [3.05, 3.63) is 36.7 Å². The minimum Gasteiger partial charge on any atom is -0.396 e. The molecule has 0 aliphatic rings. The van der Waals surface area contributed by atoms with E-state index in [1.165, 1.54) is 24.5 Å². The van der Waals surface area contributed by atoms with Crippen molar-refractivity contribution in [2.75, 3.05) is 10.5 Å². The molecular weight excluding hydrogens is 242 g/mol. The fourth-order valence-electron chi connectivity index (χ4n) is 1.17. The van der Waals surface area contributed by atoms with E-state index in [9.17, 15) is 8.42 Å². The number of nitrogen functional groups attached to an aromatic ring is 1. The molecule has 0 unspecified atom stereocenters. The van der Waals surface area contributed by atoms with Crippen molar-refractivity contribution in [3.8, 4) is 0 Å². The molecule has 2 aromatic heterocycles. The molecule has 88 valence electrons. The Morgan fingerprint density at radius 1 is 1.18 bits per heavy atom. The molecule has 0 aliphatic heterocycles. The van der Waals surface area contributed by atoms with E-state index in [1.54, 1.807) is 12.1 Å². The third-order valence-corrected chi connectivity index (χ3v) is 3.19. The zero-order valence-corrected chi connectivity index (χ0v) is 9.42. The molecule has 0 bridgehead atoms. The molecule has 2 rings (SSSR count). The van der Waals surface area contributed by atoms with Crippen LogP contribution in [0.5, 0.6) is 0 Å². The van der Waals surface area contributed by atoms with Gasteiger partial charge in [-0.15, -0.1) is 5.10 Å². The number of hydrogen-bond donors (Lipinski definition) is 2. The maximum atomic E-state index is 11.9. The molecule has 0 fully saturated rings. The second-order valence-electron chi connectivity index (χ2n) is 3.11. The number of aromatic nitrogens is 3. The Bertz CT molecular complexity index is 614. The van der Waals surface area contributed by atoms with Crippen LogP contribution in [-0.4, -0.2) is 23.6 Å². The Labute approximate surface area is 97.8 Å². The van der Waals surface area contributed by atoms with Crippen molar-refractivity contribution >= 4 is 21.5 Å². The number of sulfonamides is 1. The van der Waals surface area contributed by atoms with Gasteiger partial charge in [0.1, 0.15) is 0 Å². The Morgan fingerprint density at radius 2 is 1.94 bits per heavy atom. The van der Waals surface area contributed by atoms with Gasteiger partial charge < -0.3 is 5.73 Å². The second-order valence-corrected chi connectivity index (χ2v) is 4.71. The minimum atomic E-state index is -3.83. The van der Waals surface area contributed by atoms with E-state index in [0.717, 1.165) is 0 Å². The monoisotopic (exact) mass is 251 g/mol. The Morgan fingerprint density at radius 3 is 2.59 bits per heavy atom. The topological polar surface area (TPSA) is 111 Å². The summed E-state index contributed by atoms with van der Waals surface area (Å²) < 4.78 is 26.0. The van der Waals surface area contributed by atoms with Gasteiger partial charge in [0.2, 0.25) is 0 Å². The lowest BCUT2D eigenvalue weighted by Gasteiger charge is -2.07. The lowest BCUT2D eigenvalue weighted by molar-refractivity contribution is 0.598. The summed E-state index contributed by atoms with van der Waals surface area (Å²) >= 11 is 0. The Hall–Kier alpha value is -2.22. The summed E-state index contributed by atoms with van der Waals surface area (Å²) in [6.07, 6.45) is 2.79. The predicted molar refractivity (Wildman–Crippen MR) is 61.5 cm³/mol. The van der Waals surface area contributed by atoms with Crippen LogP contribution < -0.4 is 10.5 Å². The second kappa shape index (κ2) is 4.34. The van der Waals surface area contributed by atoms with E-state index < -0.39 is 10.0 Å². The van der Waals surface area contributed by atoms with Gasteiger partial charge in [0.25, 0.3) is 10.0 Å². The highest BCUT2D eigenvalue weighted by Crippen LogP contribution is 2.16. The van der Waals surface area contributed by atoms with Crippen molar-refractivity contribution in [1.29, 1.82) is 0 Å². The fraction of sp³-hybridized carbons (Fsp3) is 0. The molecule has 17 heavy (non-hydrogen) atoms. The van der Waals surface area contributed by atoms with Crippen LogP contribution in [0, 0.1) is 0 Å². The molecule has 0 saturated heterocycles. The number of anilines is 2. The van der Waals surface area contributed by atoms with Gasteiger partial charge in [0.05, 0.1) is 5.69 Å². The minimum absolute atomic E-state index is 0.0730. The average molecular weight is 251 g/mol. The number of hydrogen-bond acceptors (Lipinski definition) is 6. The van der Waals surface area contributed by atoms with E-state index in [2.05, 4.69) is 19.9 Å². The number of pyridine rings is 1. The first kappa shape index (κ1) is 11.3. The van der Waals surface area contributed by atoms with E-state index in [0.29, 0.717) is 0 Å². The van der Waals surface area contributed by atoms with Crippen LogP contribution >= 0.6 is 0 Å². The van der Waals surface area contributed by atoms with Gasteiger partial charge in [0.15, 0.2) is 10.8 Å². The highest BCUT2D eigenvalue weighted by atomic mass is 32.2. The van der Waals surface area contributed by atoms with Gasteiger partial charge in [-0.05, 0) is 24.3 Å². The summed E-state index contributed by atoms with van der Waals surface area (Å²) in [6.45, 7) is 0. The molecule has 0 aliphatic carbocycles. The molecule has 0 radical (unpaired) electrons. The number of nitrogens with two attached hydrogens (primary N) is 1. The molecule has 2 aromatic rings. The largest absolute Gasteiger partial charge is 0.396 e. The van der Waals surface area contributed by atoms with Crippen molar-refractivity contribution in [2.45, 2.75) is 5.03 Å². The van der Waals surface area contributed by atoms with Crippen molar-refractivity contribution in [1.82, 2.24) is 15.2 Å². The first-order chi connectivity index (χ1) is 8.09. The van der Waals surface area contributed by atoms with Gasteiger partial charge in [-0.25, -0.2) is 4.98 Å². The molecular formula is C9H9N5O2S. The summed E-state index contributed by atoms with van der Waals surface area (Å²) in [6, 6.07) is 6.05. The third-order valence-electron chi connectivity index (χ3n) is 1.87. The predicted octanol–water partition coefficient (Wildman–Crippen LogP) is 0.255. The Kier molecular flexibility index (Phi) is 2.88. The normalized spacial score (nSPS) is 11.1. The van der Waals surface area contributed by atoms with Crippen LogP contribution in [0.4, 0.5) is 11.5 Å². The maximum Gasteiger partial charge on any atom is 0.282 e. The molecule has 0 atom stereocenters. The van der Waals surface area contributed by atoms with E-state index in [-0.39, 0.29) is 16.5 Å². The summed E-state index contributed by atoms with van der Waals surface area (Å²) in [4.78, 5) is 3.72. The van der Waals surface area contributed by atoms with Gasteiger partial charge in [-0.2, -0.15) is 13.5 Å². The van der Waals surface area contributed by atoms with Gasteiger partial charge in [-0.3, -0.25) is 4.72 Å². The molecule has 0 saturated carbocycles. The molecule has 7 nitrogen and oxygen atoms in total. The van der Waals surface area contributed by atoms with Gasteiger partial charge >= 0.3 is 0 Å². The summed E-state index contributed by atoms with van der Waals surface area (Å²) in [5, 5.41) is 6.94. The zero-order valence-electron chi connectivity index (χ0n) is 8.61. The third kappa shape index (κ3) is 2.48. The zero-order chi connectivity index (χ0) is 12.3. The number of nitrogens with zero attached hydrogens (tertiary/aromatic N) is 3. The number of rotatable bonds is 3. The van der Waals surface area contributed by atoms with Crippen LogP contribution in [-0.2, 0) is 10.0 Å². The lowest BCUT2D eigenvalue weighted by Crippen LogP contribution is -2.17. The Balaban J connectivity index is 2.36. The highest BCUT2D eigenvalue weighted by Gasteiger charge is 2.19. The summed E-state index contributed by atoms with van der Waals surface area (Å²) in [5.74, 6) is 0.109. The van der Waals surface area contributed by atoms with E-state index >= 15 is 0 Å². The van der Waals surface area contributed by atoms with Crippen molar-refractivity contribution in [3.63, 3.8) is 0 Å². The quantitative estimate of drug-likeness (QED) is 0.809. The fourth-order valence-corrected chi connectivity index (χ4v) is 2.23. The molecule has 0 amide bonds. The van der Waals surface area contributed by atoms with Crippen LogP contribution in [0.3, 0.4) is 0 Å². The van der Waals surface area contributed by atoms with Crippen LogP contribution in [0.15, 0.2) is 41.7 Å². The first-order valence-corrected chi connectivity index (χ1v) is 6.09. The molecule has 2 heterocycles. The lowest BCUT2D eigenvalue weighted by atomic mass is 10.4. The summed E-state index contributed by atoms with van der Waals surface area (Å²) in [5.41, 5.74) is 5.62. The average Bonchev–Trinajstić information content (AvgIpc) is 2.30. The van der Waals surface area contributed by atoms with E-state index in [4.69, 9.17) is 5.73 Å². The van der Waals surface area contributed by atoms with Crippen LogP contribution in [0.2, 0.25) is 0 Å². The molecule has 0 spiro atoms. The summed E-state index contributed by atoms with van der Waals surface area (Å²) in [7, 11) is -3.83. The van der Waals surface area contributed by atoms with Crippen LogP contribution in [0.1, 0.15) is 0 Å². The van der Waals surface area contributed by atoms with Gasteiger partial charge in [-0.1, -0.05) is 0 Å². The van der Waals surface area contributed by atoms with E-state index in [1.807, 2.05) is 0 Å². The molecule has 8 heteroatoms.